The fourth-order valence-corrected chi connectivity index (χ4v) is 5.66. The van der Waals surface area contributed by atoms with Crippen LogP contribution in [-0.4, -0.2) is 21.5 Å². The highest BCUT2D eigenvalue weighted by molar-refractivity contribution is 7.92. The van der Waals surface area contributed by atoms with E-state index < -0.39 is 10.0 Å². The Balaban J connectivity index is 1.53. The van der Waals surface area contributed by atoms with Gasteiger partial charge in [-0.3, -0.25) is 4.31 Å². The largest absolute Gasteiger partial charge is 0.364 e. The first-order valence-electron chi connectivity index (χ1n) is 10.0. The molecule has 1 aliphatic rings. The highest BCUT2D eigenvalue weighted by Gasteiger charge is 2.31. The molecule has 0 radical (unpaired) electrons. The minimum atomic E-state index is -3.60. The van der Waals surface area contributed by atoms with E-state index in [0.717, 1.165) is 17.9 Å². The standard InChI is InChI=1S/C25H22N2O2S/c28-30(29,22-12-2-1-3-13-22)27-18-17-26(24-15-6-7-16-25(24)27)19-21-11-8-10-20-9-4-5-14-23(20)21/h1-16H,17-19H2. The normalized spacial score (nSPS) is 14.0. The summed E-state index contributed by atoms with van der Waals surface area (Å²) in [6.45, 7) is 1.78. The van der Waals surface area contributed by atoms with Crippen molar-refractivity contribution in [3.05, 3.63) is 103 Å². The van der Waals surface area contributed by atoms with Crippen LogP contribution in [0.3, 0.4) is 0 Å². The van der Waals surface area contributed by atoms with E-state index in [1.807, 2.05) is 30.3 Å². The number of hydrogen-bond acceptors (Lipinski definition) is 3. The summed E-state index contributed by atoms with van der Waals surface area (Å²) < 4.78 is 28.1. The van der Waals surface area contributed by atoms with Gasteiger partial charge in [-0.1, -0.05) is 72.8 Å². The molecule has 0 unspecified atom stereocenters. The highest BCUT2D eigenvalue weighted by Crippen LogP contribution is 2.37. The van der Waals surface area contributed by atoms with E-state index in [1.165, 1.54) is 20.6 Å². The molecule has 4 nitrogen and oxygen atoms in total. The van der Waals surface area contributed by atoms with Crippen molar-refractivity contribution >= 4 is 32.2 Å². The zero-order valence-corrected chi connectivity index (χ0v) is 17.3. The molecule has 0 atom stereocenters. The molecule has 1 heterocycles. The highest BCUT2D eigenvalue weighted by atomic mass is 32.2. The van der Waals surface area contributed by atoms with Crippen LogP contribution in [-0.2, 0) is 16.6 Å². The summed E-state index contributed by atoms with van der Waals surface area (Å²) in [5.74, 6) is 0. The Labute approximate surface area is 177 Å². The minimum Gasteiger partial charge on any atom is -0.364 e. The van der Waals surface area contributed by atoms with Gasteiger partial charge in [-0.15, -0.1) is 0 Å². The summed E-state index contributed by atoms with van der Waals surface area (Å²) in [7, 11) is -3.60. The second-order valence-corrected chi connectivity index (χ2v) is 9.30. The van der Waals surface area contributed by atoms with Gasteiger partial charge in [0.05, 0.1) is 22.8 Å². The summed E-state index contributed by atoms with van der Waals surface area (Å²) in [5, 5.41) is 2.45. The van der Waals surface area contributed by atoms with Gasteiger partial charge >= 0.3 is 0 Å². The maximum atomic E-state index is 13.3. The van der Waals surface area contributed by atoms with Crippen molar-refractivity contribution in [2.24, 2.45) is 0 Å². The third-order valence-electron chi connectivity index (χ3n) is 5.64. The van der Waals surface area contributed by atoms with Crippen molar-refractivity contribution in [3.63, 3.8) is 0 Å². The number of benzene rings is 4. The molecule has 0 saturated carbocycles. The lowest BCUT2D eigenvalue weighted by molar-refractivity contribution is 0.588. The number of sulfonamides is 1. The van der Waals surface area contributed by atoms with Gasteiger partial charge in [0.1, 0.15) is 0 Å². The van der Waals surface area contributed by atoms with Crippen LogP contribution in [0.25, 0.3) is 10.8 Å². The average molecular weight is 415 g/mol. The van der Waals surface area contributed by atoms with Crippen LogP contribution in [0.1, 0.15) is 5.56 Å². The van der Waals surface area contributed by atoms with Crippen LogP contribution in [0.4, 0.5) is 11.4 Å². The van der Waals surface area contributed by atoms with Crippen molar-refractivity contribution in [2.45, 2.75) is 11.4 Å². The van der Waals surface area contributed by atoms with E-state index in [1.54, 1.807) is 24.3 Å². The lowest BCUT2D eigenvalue weighted by Gasteiger charge is -2.38. The first-order chi connectivity index (χ1) is 14.6. The van der Waals surface area contributed by atoms with Crippen LogP contribution in [0.15, 0.2) is 102 Å². The van der Waals surface area contributed by atoms with E-state index >= 15 is 0 Å². The van der Waals surface area contributed by atoms with E-state index in [0.29, 0.717) is 18.0 Å². The monoisotopic (exact) mass is 414 g/mol. The quantitative estimate of drug-likeness (QED) is 0.469. The number of hydrogen-bond donors (Lipinski definition) is 0. The zero-order chi connectivity index (χ0) is 20.6. The van der Waals surface area contributed by atoms with Crippen LogP contribution >= 0.6 is 0 Å². The molecular weight excluding hydrogens is 392 g/mol. The molecule has 5 heteroatoms. The van der Waals surface area contributed by atoms with Gasteiger partial charge in [0.15, 0.2) is 0 Å². The third-order valence-corrected chi connectivity index (χ3v) is 7.46. The lowest BCUT2D eigenvalue weighted by Crippen LogP contribution is -2.43. The Morgan fingerprint density at radius 1 is 0.667 bits per heavy atom. The Morgan fingerprint density at radius 3 is 2.17 bits per heavy atom. The maximum Gasteiger partial charge on any atom is 0.264 e. The van der Waals surface area contributed by atoms with Gasteiger partial charge in [-0.2, -0.15) is 0 Å². The van der Waals surface area contributed by atoms with Crippen molar-refractivity contribution < 1.29 is 8.42 Å². The van der Waals surface area contributed by atoms with E-state index in [4.69, 9.17) is 0 Å². The molecule has 150 valence electrons. The Bertz CT molecular complexity index is 1300. The van der Waals surface area contributed by atoms with E-state index in [-0.39, 0.29) is 0 Å². The molecule has 0 aliphatic carbocycles. The second-order valence-electron chi connectivity index (χ2n) is 7.44. The molecule has 4 aromatic carbocycles. The summed E-state index contributed by atoms with van der Waals surface area (Å²) in [4.78, 5) is 2.59. The molecule has 1 aliphatic heterocycles. The predicted octanol–water partition coefficient (Wildman–Crippen LogP) is 5.06. The number of fused-ring (bicyclic) bond motifs is 2. The van der Waals surface area contributed by atoms with Crippen LogP contribution in [0.5, 0.6) is 0 Å². The Kier molecular flexibility index (Phi) is 4.68. The van der Waals surface area contributed by atoms with Crippen molar-refractivity contribution in [1.29, 1.82) is 0 Å². The number of anilines is 2. The molecular formula is C25H22N2O2S. The minimum absolute atomic E-state index is 0.322. The molecule has 4 aromatic rings. The first-order valence-corrected chi connectivity index (χ1v) is 11.5. The molecule has 0 amide bonds. The number of para-hydroxylation sites is 2. The smallest absolute Gasteiger partial charge is 0.264 e. The summed E-state index contributed by atoms with van der Waals surface area (Å²) in [5.41, 5.74) is 2.91. The topological polar surface area (TPSA) is 40.6 Å². The molecule has 30 heavy (non-hydrogen) atoms. The van der Waals surface area contributed by atoms with Gasteiger partial charge in [0, 0.05) is 13.1 Å². The van der Waals surface area contributed by atoms with Gasteiger partial charge in [-0.05, 0) is 40.6 Å². The molecule has 0 aromatic heterocycles. The number of rotatable bonds is 4. The van der Waals surface area contributed by atoms with Crippen LogP contribution < -0.4 is 9.21 Å². The van der Waals surface area contributed by atoms with Crippen molar-refractivity contribution in [2.75, 3.05) is 22.3 Å². The fourth-order valence-electron chi connectivity index (χ4n) is 4.16. The molecule has 5 rings (SSSR count). The van der Waals surface area contributed by atoms with Gasteiger partial charge < -0.3 is 4.90 Å². The third kappa shape index (κ3) is 3.21. The molecule has 0 bridgehead atoms. The molecule has 0 N–H and O–H groups in total. The van der Waals surface area contributed by atoms with E-state index in [9.17, 15) is 8.42 Å². The SMILES string of the molecule is O=S(=O)(c1ccccc1)N1CCN(Cc2cccc3ccccc23)c2ccccc21. The molecule has 0 spiro atoms. The van der Waals surface area contributed by atoms with Crippen LogP contribution in [0, 0.1) is 0 Å². The van der Waals surface area contributed by atoms with Gasteiger partial charge in [0.25, 0.3) is 10.0 Å². The number of nitrogens with zero attached hydrogens (tertiary/aromatic N) is 2. The first kappa shape index (κ1) is 18.7. The van der Waals surface area contributed by atoms with Crippen LogP contribution in [0.2, 0.25) is 0 Å². The zero-order valence-electron chi connectivity index (χ0n) is 16.5. The van der Waals surface area contributed by atoms with Gasteiger partial charge in [0.2, 0.25) is 0 Å². The fraction of sp³-hybridized carbons (Fsp3) is 0.120. The molecule has 0 saturated heterocycles. The summed E-state index contributed by atoms with van der Waals surface area (Å²) in [6, 6.07) is 31.2. The Morgan fingerprint density at radius 2 is 1.33 bits per heavy atom. The second kappa shape index (κ2) is 7.50. The van der Waals surface area contributed by atoms with E-state index in [2.05, 4.69) is 47.4 Å². The maximum absolute atomic E-state index is 13.3. The summed E-state index contributed by atoms with van der Waals surface area (Å²) in [6.07, 6.45) is 0. The average Bonchev–Trinajstić information content (AvgIpc) is 2.80. The predicted molar refractivity (Wildman–Crippen MR) is 122 cm³/mol. The van der Waals surface area contributed by atoms with Crippen molar-refractivity contribution in [1.82, 2.24) is 0 Å². The summed E-state index contributed by atoms with van der Waals surface area (Å²) >= 11 is 0. The lowest BCUT2D eigenvalue weighted by atomic mass is 10.0. The Hall–Kier alpha value is -3.31. The van der Waals surface area contributed by atoms with Gasteiger partial charge in [-0.25, -0.2) is 8.42 Å². The van der Waals surface area contributed by atoms with Crippen molar-refractivity contribution in [3.8, 4) is 0 Å². The molecule has 0 fully saturated rings.